The van der Waals surface area contributed by atoms with Crippen LogP contribution in [0.2, 0.25) is 0 Å². The Morgan fingerprint density at radius 2 is 2.08 bits per heavy atom. The monoisotopic (exact) mass is 340 g/mol. The van der Waals surface area contributed by atoms with Crippen molar-refractivity contribution in [2.45, 2.75) is 24.8 Å². The Labute approximate surface area is 145 Å². The van der Waals surface area contributed by atoms with E-state index in [1.807, 2.05) is 49.5 Å². The molecule has 0 unspecified atom stereocenters. The quantitative estimate of drug-likeness (QED) is 0.518. The van der Waals surface area contributed by atoms with Gasteiger partial charge in [0.1, 0.15) is 5.75 Å². The van der Waals surface area contributed by atoms with Gasteiger partial charge in [0.15, 0.2) is 0 Å². The minimum absolute atomic E-state index is 0.0703. The Morgan fingerprint density at radius 3 is 2.92 bits per heavy atom. The number of aromatic amines is 1. The number of benzene rings is 1. The molecule has 0 fully saturated rings. The van der Waals surface area contributed by atoms with Gasteiger partial charge in [0, 0.05) is 23.2 Å². The zero-order valence-corrected chi connectivity index (χ0v) is 14.4. The van der Waals surface area contributed by atoms with E-state index < -0.39 is 0 Å². The van der Waals surface area contributed by atoms with Gasteiger partial charge in [-0.3, -0.25) is 4.79 Å². The topological polar surface area (TPSA) is 55.0 Å². The number of aryl methyl sites for hydroxylation is 1. The number of fused-ring (bicyclic) bond motifs is 1. The second-order valence-electron chi connectivity index (χ2n) is 5.60. The van der Waals surface area contributed by atoms with Crippen LogP contribution >= 0.6 is 11.8 Å². The van der Waals surface area contributed by atoms with E-state index in [1.165, 1.54) is 0 Å². The number of hydrogen-bond donors (Lipinski definition) is 1. The summed E-state index contributed by atoms with van der Waals surface area (Å²) >= 11 is 1.77. The summed E-state index contributed by atoms with van der Waals surface area (Å²) in [5, 5.41) is 2.09. The van der Waals surface area contributed by atoms with E-state index in [-0.39, 0.29) is 5.56 Å². The molecule has 0 aliphatic heterocycles. The second-order valence-corrected chi connectivity index (χ2v) is 6.71. The van der Waals surface area contributed by atoms with Crippen LogP contribution in [0.5, 0.6) is 5.75 Å². The molecular formula is C19H20N2O2S. The van der Waals surface area contributed by atoms with Crippen molar-refractivity contribution in [3.8, 4) is 5.75 Å². The van der Waals surface area contributed by atoms with E-state index in [1.54, 1.807) is 17.8 Å². The number of rotatable bonds is 7. The average molecular weight is 340 g/mol. The number of ether oxygens (including phenoxy) is 1. The molecule has 3 rings (SSSR count). The number of aromatic nitrogens is 2. The number of hydrogen-bond acceptors (Lipinski definition) is 4. The molecule has 0 amide bonds. The predicted octanol–water partition coefficient (Wildman–Crippen LogP) is 4.18. The number of nitrogens with zero attached hydrogens (tertiary/aromatic N) is 1. The molecule has 24 heavy (non-hydrogen) atoms. The van der Waals surface area contributed by atoms with E-state index in [9.17, 15) is 4.79 Å². The molecule has 0 bridgehead atoms. The Balaban J connectivity index is 1.47. The maximum Gasteiger partial charge on any atom is 0.248 e. The average Bonchev–Trinajstić information content (AvgIpc) is 2.59. The van der Waals surface area contributed by atoms with Crippen molar-refractivity contribution >= 4 is 22.7 Å². The third kappa shape index (κ3) is 4.38. The van der Waals surface area contributed by atoms with Gasteiger partial charge in [-0.2, -0.15) is 0 Å². The SMILES string of the molecule is Cc1cc(=O)[nH]c2ccc(OCCCCSc3ccccn3)cc12. The van der Waals surface area contributed by atoms with E-state index in [4.69, 9.17) is 4.74 Å². The minimum atomic E-state index is -0.0703. The molecular weight excluding hydrogens is 320 g/mol. The molecule has 0 radical (unpaired) electrons. The summed E-state index contributed by atoms with van der Waals surface area (Å²) in [4.78, 5) is 18.6. The second kappa shape index (κ2) is 8.02. The summed E-state index contributed by atoms with van der Waals surface area (Å²) in [6.07, 6.45) is 3.91. The van der Waals surface area contributed by atoms with Crippen LogP contribution < -0.4 is 10.3 Å². The summed E-state index contributed by atoms with van der Waals surface area (Å²) in [6.45, 7) is 2.63. The van der Waals surface area contributed by atoms with Crippen molar-refractivity contribution in [2.24, 2.45) is 0 Å². The molecule has 2 aromatic heterocycles. The molecule has 0 atom stereocenters. The first kappa shape index (κ1) is 16.6. The summed E-state index contributed by atoms with van der Waals surface area (Å²) in [7, 11) is 0. The molecule has 124 valence electrons. The predicted molar refractivity (Wildman–Crippen MR) is 99.0 cm³/mol. The van der Waals surface area contributed by atoms with Gasteiger partial charge in [-0.15, -0.1) is 11.8 Å². The first-order valence-electron chi connectivity index (χ1n) is 8.03. The van der Waals surface area contributed by atoms with E-state index in [2.05, 4.69) is 9.97 Å². The van der Waals surface area contributed by atoms with Crippen LogP contribution in [0.4, 0.5) is 0 Å². The molecule has 1 aromatic carbocycles. The lowest BCUT2D eigenvalue weighted by atomic mass is 10.1. The van der Waals surface area contributed by atoms with E-state index in [0.29, 0.717) is 6.61 Å². The number of pyridine rings is 2. The van der Waals surface area contributed by atoms with Crippen molar-refractivity contribution in [1.82, 2.24) is 9.97 Å². The van der Waals surface area contributed by atoms with E-state index in [0.717, 1.165) is 45.8 Å². The van der Waals surface area contributed by atoms with Gasteiger partial charge in [-0.25, -0.2) is 4.98 Å². The fourth-order valence-corrected chi connectivity index (χ4v) is 3.36. The Bertz CT molecular complexity index is 862. The highest BCUT2D eigenvalue weighted by atomic mass is 32.2. The summed E-state index contributed by atoms with van der Waals surface area (Å²) < 4.78 is 5.83. The van der Waals surface area contributed by atoms with Gasteiger partial charge in [-0.05, 0) is 61.4 Å². The maximum atomic E-state index is 11.5. The fourth-order valence-electron chi connectivity index (χ4n) is 2.49. The van der Waals surface area contributed by atoms with Crippen molar-refractivity contribution in [3.63, 3.8) is 0 Å². The van der Waals surface area contributed by atoms with Gasteiger partial charge < -0.3 is 9.72 Å². The summed E-state index contributed by atoms with van der Waals surface area (Å²) in [5.74, 6) is 1.88. The van der Waals surface area contributed by atoms with Gasteiger partial charge in [0.25, 0.3) is 0 Å². The first-order chi connectivity index (χ1) is 11.7. The maximum absolute atomic E-state index is 11.5. The number of nitrogens with one attached hydrogen (secondary N) is 1. The molecule has 0 aliphatic rings. The number of unbranched alkanes of at least 4 members (excludes halogenated alkanes) is 1. The van der Waals surface area contributed by atoms with Crippen LogP contribution in [0.15, 0.2) is 58.5 Å². The highest BCUT2D eigenvalue weighted by Gasteiger charge is 2.02. The van der Waals surface area contributed by atoms with Crippen molar-refractivity contribution in [2.75, 3.05) is 12.4 Å². The van der Waals surface area contributed by atoms with Crippen LogP contribution in [-0.2, 0) is 0 Å². The van der Waals surface area contributed by atoms with Crippen LogP contribution in [0.3, 0.4) is 0 Å². The minimum Gasteiger partial charge on any atom is -0.494 e. The molecule has 0 saturated heterocycles. The Hall–Kier alpha value is -2.27. The van der Waals surface area contributed by atoms with Crippen LogP contribution in [0.25, 0.3) is 10.9 Å². The van der Waals surface area contributed by atoms with Gasteiger partial charge >= 0.3 is 0 Å². The lowest BCUT2D eigenvalue weighted by molar-refractivity contribution is 0.310. The fraction of sp³-hybridized carbons (Fsp3) is 0.263. The third-order valence-electron chi connectivity index (χ3n) is 3.72. The Morgan fingerprint density at radius 1 is 1.17 bits per heavy atom. The molecule has 2 heterocycles. The lowest BCUT2D eigenvalue weighted by Crippen LogP contribution is -2.05. The number of thioether (sulfide) groups is 1. The zero-order chi connectivity index (χ0) is 16.8. The normalized spacial score (nSPS) is 10.9. The third-order valence-corrected chi connectivity index (χ3v) is 4.75. The highest BCUT2D eigenvalue weighted by molar-refractivity contribution is 7.99. The van der Waals surface area contributed by atoms with E-state index >= 15 is 0 Å². The zero-order valence-electron chi connectivity index (χ0n) is 13.6. The molecule has 0 spiro atoms. The lowest BCUT2D eigenvalue weighted by Gasteiger charge is -2.08. The van der Waals surface area contributed by atoms with Gasteiger partial charge in [0.2, 0.25) is 5.56 Å². The van der Waals surface area contributed by atoms with Crippen LogP contribution in [0.1, 0.15) is 18.4 Å². The summed E-state index contributed by atoms with van der Waals surface area (Å²) in [5.41, 5.74) is 1.74. The smallest absolute Gasteiger partial charge is 0.248 e. The van der Waals surface area contributed by atoms with Crippen molar-refractivity contribution < 1.29 is 4.74 Å². The molecule has 1 N–H and O–H groups in total. The standard InChI is InChI=1S/C19H20N2O2S/c1-14-12-18(22)21-17-8-7-15(13-16(14)17)23-10-4-5-11-24-19-6-2-3-9-20-19/h2-3,6-9,12-13H,4-5,10-11H2,1H3,(H,21,22). The Kier molecular flexibility index (Phi) is 5.54. The first-order valence-corrected chi connectivity index (χ1v) is 9.01. The molecule has 3 aromatic rings. The summed E-state index contributed by atoms with van der Waals surface area (Å²) in [6, 6.07) is 13.4. The van der Waals surface area contributed by atoms with Gasteiger partial charge in [0.05, 0.1) is 11.6 Å². The number of H-pyrrole nitrogens is 1. The largest absolute Gasteiger partial charge is 0.494 e. The molecule has 5 heteroatoms. The van der Waals surface area contributed by atoms with Crippen LogP contribution in [-0.4, -0.2) is 22.3 Å². The highest BCUT2D eigenvalue weighted by Crippen LogP contribution is 2.21. The van der Waals surface area contributed by atoms with Crippen LogP contribution in [0, 0.1) is 6.92 Å². The molecule has 0 aliphatic carbocycles. The van der Waals surface area contributed by atoms with Gasteiger partial charge in [-0.1, -0.05) is 6.07 Å². The van der Waals surface area contributed by atoms with Crippen molar-refractivity contribution in [1.29, 1.82) is 0 Å². The molecule has 0 saturated carbocycles. The van der Waals surface area contributed by atoms with Crippen molar-refractivity contribution in [3.05, 3.63) is 64.6 Å². The molecule has 4 nitrogen and oxygen atoms in total.